The van der Waals surface area contributed by atoms with Gasteiger partial charge in [-0.25, -0.2) is 13.2 Å². The van der Waals surface area contributed by atoms with Crippen LogP contribution in [0.1, 0.15) is 21.5 Å². The second-order valence-electron chi connectivity index (χ2n) is 4.19. The fraction of sp³-hybridized carbons (Fsp3) is 0.0667. The predicted octanol–water partition coefficient (Wildman–Crippen LogP) is 2.91. The molecule has 0 spiro atoms. The standard InChI is InChI=1S/C15H9F3N2O/c16-12-10(7-19)6-11(13(17)14(12)18)15(21)20-8-9-4-2-1-3-5-9/h1-6H,8H2,(H,20,21). The van der Waals surface area contributed by atoms with Crippen molar-refractivity contribution in [2.24, 2.45) is 0 Å². The van der Waals surface area contributed by atoms with Crippen LogP contribution in [0.5, 0.6) is 0 Å². The molecule has 0 radical (unpaired) electrons. The van der Waals surface area contributed by atoms with Gasteiger partial charge in [-0.2, -0.15) is 5.26 Å². The van der Waals surface area contributed by atoms with Crippen LogP contribution in [-0.2, 0) is 6.54 Å². The maximum atomic E-state index is 13.6. The first-order valence-electron chi connectivity index (χ1n) is 5.94. The van der Waals surface area contributed by atoms with Gasteiger partial charge in [-0.3, -0.25) is 4.79 Å². The van der Waals surface area contributed by atoms with Crippen LogP contribution in [0.15, 0.2) is 36.4 Å². The summed E-state index contributed by atoms with van der Waals surface area (Å²) in [7, 11) is 0. The third-order valence-corrected chi connectivity index (χ3v) is 2.81. The normalized spacial score (nSPS) is 10.0. The molecule has 2 aromatic rings. The highest BCUT2D eigenvalue weighted by molar-refractivity contribution is 5.94. The Labute approximate surface area is 118 Å². The molecule has 0 aromatic heterocycles. The zero-order valence-electron chi connectivity index (χ0n) is 10.7. The molecule has 0 saturated heterocycles. The van der Waals surface area contributed by atoms with Crippen LogP contribution in [-0.4, -0.2) is 5.91 Å². The van der Waals surface area contributed by atoms with Gasteiger partial charge >= 0.3 is 0 Å². The number of halogens is 3. The van der Waals surface area contributed by atoms with Crippen molar-refractivity contribution in [2.75, 3.05) is 0 Å². The Morgan fingerprint density at radius 3 is 2.38 bits per heavy atom. The van der Waals surface area contributed by atoms with Crippen LogP contribution < -0.4 is 5.32 Å². The first kappa shape index (κ1) is 14.6. The SMILES string of the molecule is N#Cc1cc(C(=O)NCc2ccccc2)c(F)c(F)c1F. The van der Waals surface area contributed by atoms with Crippen molar-refractivity contribution in [3.8, 4) is 6.07 Å². The second kappa shape index (κ2) is 6.09. The summed E-state index contributed by atoms with van der Waals surface area (Å²) < 4.78 is 40.0. The Morgan fingerprint density at radius 1 is 1.10 bits per heavy atom. The van der Waals surface area contributed by atoms with Crippen LogP contribution in [0.3, 0.4) is 0 Å². The number of nitriles is 1. The fourth-order valence-electron chi connectivity index (χ4n) is 1.72. The van der Waals surface area contributed by atoms with Gasteiger partial charge in [0.15, 0.2) is 17.5 Å². The van der Waals surface area contributed by atoms with E-state index in [1.165, 1.54) is 6.07 Å². The molecule has 106 valence electrons. The Morgan fingerprint density at radius 2 is 1.76 bits per heavy atom. The lowest BCUT2D eigenvalue weighted by Crippen LogP contribution is -2.24. The first-order chi connectivity index (χ1) is 10.0. The topological polar surface area (TPSA) is 52.9 Å². The van der Waals surface area contributed by atoms with Crippen molar-refractivity contribution in [1.29, 1.82) is 5.26 Å². The second-order valence-corrected chi connectivity index (χ2v) is 4.19. The molecule has 1 N–H and O–H groups in total. The molecule has 0 aliphatic heterocycles. The smallest absolute Gasteiger partial charge is 0.254 e. The number of carbonyl (C=O) groups excluding carboxylic acids is 1. The Bertz CT molecular complexity index is 724. The van der Waals surface area contributed by atoms with Crippen LogP contribution in [0.4, 0.5) is 13.2 Å². The largest absolute Gasteiger partial charge is 0.348 e. The van der Waals surface area contributed by atoms with Crippen molar-refractivity contribution in [3.63, 3.8) is 0 Å². The molecule has 0 heterocycles. The minimum atomic E-state index is -1.83. The zero-order valence-corrected chi connectivity index (χ0v) is 10.7. The molecule has 0 atom stereocenters. The number of nitrogens with one attached hydrogen (secondary N) is 1. The number of amides is 1. The van der Waals surface area contributed by atoms with Gasteiger partial charge in [0, 0.05) is 6.54 Å². The van der Waals surface area contributed by atoms with Crippen molar-refractivity contribution in [2.45, 2.75) is 6.54 Å². The lowest BCUT2D eigenvalue weighted by molar-refractivity contribution is 0.0945. The number of hydrogen-bond acceptors (Lipinski definition) is 2. The minimum absolute atomic E-state index is 0.0972. The highest BCUT2D eigenvalue weighted by Gasteiger charge is 2.22. The Balaban J connectivity index is 2.24. The summed E-state index contributed by atoms with van der Waals surface area (Å²) in [5, 5.41) is 11.0. The first-order valence-corrected chi connectivity index (χ1v) is 5.94. The Hall–Kier alpha value is -2.81. The molecule has 0 bridgehead atoms. The molecule has 0 unspecified atom stereocenters. The highest BCUT2D eigenvalue weighted by atomic mass is 19.2. The third kappa shape index (κ3) is 3.03. The summed E-state index contributed by atoms with van der Waals surface area (Å²) in [5.41, 5.74) is -0.672. The van der Waals surface area contributed by atoms with Gasteiger partial charge in [-0.1, -0.05) is 30.3 Å². The summed E-state index contributed by atoms with van der Waals surface area (Å²) in [6, 6.07) is 10.8. The highest BCUT2D eigenvalue weighted by Crippen LogP contribution is 2.19. The van der Waals surface area contributed by atoms with Crippen molar-refractivity contribution in [1.82, 2.24) is 5.32 Å². The van der Waals surface area contributed by atoms with Gasteiger partial charge < -0.3 is 5.32 Å². The third-order valence-electron chi connectivity index (χ3n) is 2.81. The van der Waals surface area contributed by atoms with E-state index in [9.17, 15) is 18.0 Å². The summed E-state index contributed by atoms with van der Waals surface area (Å²) in [5.74, 6) is -5.97. The number of nitrogens with zero attached hydrogens (tertiary/aromatic N) is 1. The average molecular weight is 290 g/mol. The van der Waals surface area contributed by atoms with Gasteiger partial charge in [-0.15, -0.1) is 0 Å². The minimum Gasteiger partial charge on any atom is -0.348 e. The number of hydrogen-bond donors (Lipinski definition) is 1. The van der Waals surface area contributed by atoms with Crippen LogP contribution in [0.25, 0.3) is 0 Å². The van der Waals surface area contributed by atoms with E-state index in [0.29, 0.717) is 6.07 Å². The summed E-state index contributed by atoms with van der Waals surface area (Å²) in [6.45, 7) is 0.0972. The molecule has 21 heavy (non-hydrogen) atoms. The monoisotopic (exact) mass is 290 g/mol. The molecule has 0 aliphatic rings. The summed E-state index contributed by atoms with van der Waals surface area (Å²) in [6.07, 6.45) is 0. The fourth-order valence-corrected chi connectivity index (χ4v) is 1.72. The number of rotatable bonds is 3. The van der Waals surface area contributed by atoms with E-state index in [1.807, 2.05) is 0 Å². The van der Waals surface area contributed by atoms with Crippen molar-refractivity contribution < 1.29 is 18.0 Å². The quantitative estimate of drug-likeness (QED) is 0.884. The van der Waals surface area contributed by atoms with Crippen molar-refractivity contribution >= 4 is 5.91 Å². The maximum Gasteiger partial charge on any atom is 0.254 e. The predicted molar refractivity (Wildman–Crippen MR) is 68.6 cm³/mol. The van der Waals surface area contributed by atoms with Gasteiger partial charge in [0.1, 0.15) is 6.07 Å². The number of benzene rings is 2. The number of carbonyl (C=O) groups is 1. The van der Waals surface area contributed by atoms with E-state index in [4.69, 9.17) is 5.26 Å². The van der Waals surface area contributed by atoms with Crippen molar-refractivity contribution in [3.05, 3.63) is 70.5 Å². The van der Waals surface area contributed by atoms with Crippen LogP contribution in [0.2, 0.25) is 0 Å². The summed E-state index contributed by atoms with van der Waals surface area (Å²) >= 11 is 0. The van der Waals surface area contributed by atoms with Gasteiger partial charge in [0.25, 0.3) is 5.91 Å². The molecule has 0 aliphatic carbocycles. The Kier molecular flexibility index (Phi) is 4.24. The summed E-state index contributed by atoms with van der Waals surface area (Å²) in [4.78, 5) is 11.8. The zero-order chi connectivity index (χ0) is 15.4. The molecule has 2 aromatic carbocycles. The molecule has 6 heteroatoms. The molecule has 2 rings (SSSR count). The van der Waals surface area contributed by atoms with E-state index < -0.39 is 34.5 Å². The van der Waals surface area contributed by atoms with E-state index >= 15 is 0 Å². The van der Waals surface area contributed by atoms with E-state index in [1.54, 1.807) is 30.3 Å². The van der Waals surface area contributed by atoms with E-state index in [-0.39, 0.29) is 6.54 Å². The molecule has 0 saturated carbocycles. The van der Waals surface area contributed by atoms with E-state index in [0.717, 1.165) is 5.56 Å². The maximum absolute atomic E-state index is 13.6. The van der Waals surface area contributed by atoms with Gasteiger partial charge in [-0.05, 0) is 11.6 Å². The molecular formula is C15H9F3N2O. The molecular weight excluding hydrogens is 281 g/mol. The molecule has 0 fully saturated rings. The van der Waals surface area contributed by atoms with E-state index in [2.05, 4.69) is 5.32 Å². The van der Waals surface area contributed by atoms with Crippen LogP contribution >= 0.6 is 0 Å². The van der Waals surface area contributed by atoms with Gasteiger partial charge in [0.05, 0.1) is 11.1 Å². The molecule has 3 nitrogen and oxygen atoms in total. The molecule has 1 amide bonds. The lowest BCUT2D eigenvalue weighted by atomic mass is 10.1. The average Bonchev–Trinajstić information content (AvgIpc) is 2.52. The lowest BCUT2D eigenvalue weighted by Gasteiger charge is -2.08. The van der Waals surface area contributed by atoms with Gasteiger partial charge in [0.2, 0.25) is 0 Å². The van der Waals surface area contributed by atoms with Crippen LogP contribution in [0, 0.1) is 28.8 Å².